The van der Waals surface area contributed by atoms with Gasteiger partial charge in [0, 0.05) is 26.8 Å². The van der Waals surface area contributed by atoms with E-state index >= 15 is 0 Å². The molecular formula is C20H24N4O3. The molecule has 1 atom stereocenters. The number of aryl methyl sites for hydroxylation is 2. The number of carboxylic acids is 1. The quantitative estimate of drug-likeness (QED) is 0.691. The van der Waals surface area contributed by atoms with Crippen molar-refractivity contribution < 1.29 is 9.90 Å². The zero-order valence-corrected chi connectivity index (χ0v) is 15.7. The summed E-state index contributed by atoms with van der Waals surface area (Å²) in [6, 6.07) is 12.6. The van der Waals surface area contributed by atoms with Gasteiger partial charge in [-0.1, -0.05) is 12.1 Å². The summed E-state index contributed by atoms with van der Waals surface area (Å²) in [5.74, 6) is -0.994. The predicted octanol–water partition coefficient (Wildman–Crippen LogP) is 1.74. The lowest BCUT2D eigenvalue weighted by Crippen LogP contribution is -2.30. The largest absolute Gasteiger partial charge is 0.480 e. The molecule has 0 aliphatic heterocycles. The molecule has 0 amide bonds. The standard InChI is InChI=1S/C20H24N4O3/c1-22(2)15-9-11-17-18(12-15)23(3)20(27)24(17)14-7-4-13(5-8-14)6-10-16(21)19(25)26/h4-5,7-9,11-12,16H,6,10,21H2,1-3H3,(H,25,26)/t16-/m0/s1. The Morgan fingerprint density at radius 1 is 1.15 bits per heavy atom. The summed E-state index contributed by atoms with van der Waals surface area (Å²) in [7, 11) is 5.69. The lowest BCUT2D eigenvalue weighted by Gasteiger charge is -2.12. The number of aliphatic carboxylic acids is 1. The van der Waals surface area contributed by atoms with Gasteiger partial charge in [-0.25, -0.2) is 4.79 Å². The molecule has 3 aromatic rings. The number of nitrogens with zero attached hydrogens (tertiary/aromatic N) is 3. The van der Waals surface area contributed by atoms with Crippen molar-refractivity contribution in [3.05, 3.63) is 58.5 Å². The summed E-state index contributed by atoms with van der Waals surface area (Å²) in [5, 5.41) is 8.87. The van der Waals surface area contributed by atoms with E-state index in [9.17, 15) is 9.59 Å². The van der Waals surface area contributed by atoms with Gasteiger partial charge in [-0.15, -0.1) is 0 Å². The number of rotatable bonds is 6. The monoisotopic (exact) mass is 368 g/mol. The van der Waals surface area contributed by atoms with Crippen LogP contribution in [0.5, 0.6) is 0 Å². The van der Waals surface area contributed by atoms with E-state index in [2.05, 4.69) is 0 Å². The molecular weight excluding hydrogens is 344 g/mol. The van der Waals surface area contributed by atoms with E-state index in [4.69, 9.17) is 10.8 Å². The molecule has 27 heavy (non-hydrogen) atoms. The van der Waals surface area contributed by atoms with Crippen LogP contribution in [-0.2, 0) is 18.3 Å². The molecule has 0 saturated heterocycles. The molecule has 1 aromatic heterocycles. The molecule has 2 aromatic carbocycles. The molecule has 0 saturated carbocycles. The third kappa shape index (κ3) is 3.59. The van der Waals surface area contributed by atoms with Crippen LogP contribution in [0.4, 0.5) is 5.69 Å². The average Bonchev–Trinajstić information content (AvgIpc) is 2.90. The Labute approximate surface area is 157 Å². The Morgan fingerprint density at radius 2 is 1.81 bits per heavy atom. The lowest BCUT2D eigenvalue weighted by atomic mass is 10.1. The Balaban J connectivity index is 1.94. The zero-order chi connectivity index (χ0) is 19.7. The summed E-state index contributed by atoms with van der Waals surface area (Å²) in [6.45, 7) is 0. The molecule has 7 nitrogen and oxygen atoms in total. The van der Waals surface area contributed by atoms with Crippen LogP contribution < -0.4 is 16.3 Å². The molecule has 0 radical (unpaired) electrons. The topological polar surface area (TPSA) is 93.5 Å². The normalized spacial score (nSPS) is 12.3. The van der Waals surface area contributed by atoms with E-state index in [-0.39, 0.29) is 5.69 Å². The molecule has 0 unspecified atom stereocenters. The molecule has 142 valence electrons. The van der Waals surface area contributed by atoms with E-state index in [0.29, 0.717) is 12.8 Å². The van der Waals surface area contributed by atoms with Crippen LogP contribution in [0.3, 0.4) is 0 Å². The zero-order valence-electron chi connectivity index (χ0n) is 15.7. The number of aromatic nitrogens is 2. The number of nitrogens with two attached hydrogens (primary N) is 1. The fourth-order valence-corrected chi connectivity index (χ4v) is 3.11. The second-order valence-corrected chi connectivity index (χ2v) is 6.89. The van der Waals surface area contributed by atoms with E-state index in [1.165, 1.54) is 0 Å². The smallest absolute Gasteiger partial charge is 0.333 e. The van der Waals surface area contributed by atoms with Gasteiger partial charge < -0.3 is 15.7 Å². The third-order valence-corrected chi connectivity index (χ3v) is 4.81. The Bertz CT molecular complexity index is 1030. The van der Waals surface area contributed by atoms with Crippen molar-refractivity contribution in [3.63, 3.8) is 0 Å². The number of fused-ring (bicyclic) bond motifs is 1. The molecule has 3 N–H and O–H groups in total. The van der Waals surface area contributed by atoms with Gasteiger partial charge in [-0.05, 0) is 48.7 Å². The highest BCUT2D eigenvalue weighted by molar-refractivity contribution is 5.82. The molecule has 0 aliphatic rings. The predicted molar refractivity (Wildman–Crippen MR) is 107 cm³/mol. The van der Waals surface area contributed by atoms with Gasteiger partial charge in [-0.2, -0.15) is 0 Å². The van der Waals surface area contributed by atoms with Crippen LogP contribution in [0.1, 0.15) is 12.0 Å². The highest BCUT2D eigenvalue weighted by Gasteiger charge is 2.14. The van der Waals surface area contributed by atoms with Crippen LogP contribution in [0, 0.1) is 0 Å². The number of carboxylic acid groups (broad SMARTS) is 1. The van der Waals surface area contributed by atoms with Crippen LogP contribution in [0.15, 0.2) is 47.3 Å². The first-order chi connectivity index (χ1) is 12.8. The van der Waals surface area contributed by atoms with Crippen LogP contribution in [-0.4, -0.2) is 40.3 Å². The first-order valence-electron chi connectivity index (χ1n) is 8.76. The van der Waals surface area contributed by atoms with Crippen LogP contribution in [0.25, 0.3) is 16.7 Å². The van der Waals surface area contributed by atoms with Crippen molar-refractivity contribution in [3.8, 4) is 5.69 Å². The van der Waals surface area contributed by atoms with Gasteiger partial charge in [0.05, 0.1) is 16.7 Å². The maximum atomic E-state index is 12.8. The van der Waals surface area contributed by atoms with Crippen molar-refractivity contribution >= 4 is 22.7 Å². The number of anilines is 1. The highest BCUT2D eigenvalue weighted by atomic mass is 16.4. The number of imidazole rings is 1. The minimum Gasteiger partial charge on any atom is -0.480 e. The number of hydrogen-bond acceptors (Lipinski definition) is 4. The summed E-state index contributed by atoms with van der Waals surface area (Å²) >= 11 is 0. The Kier molecular flexibility index (Phi) is 5.05. The van der Waals surface area contributed by atoms with E-state index in [1.54, 1.807) is 16.2 Å². The SMILES string of the molecule is CN(C)c1ccc2c(c1)n(C)c(=O)n2-c1ccc(CC[C@H](N)C(=O)O)cc1. The fraction of sp³-hybridized carbons (Fsp3) is 0.300. The number of hydrogen-bond donors (Lipinski definition) is 2. The second kappa shape index (κ2) is 7.28. The molecule has 0 fully saturated rings. The summed E-state index contributed by atoms with van der Waals surface area (Å²) in [4.78, 5) is 25.6. The van der Waals surface area contributed by atoms with Gasteiger partial charge in [0.15, 0.2) is 0 Å². The van der Waals surface area contributed by atoms with Gasteiger partial charge in [0.1, 0.15) is 6.04 Å². The van der Waals surface area contributed by atoms with Crippen molar-refractivity contribution in [2.45, 2.75) is 18.9 Å². The van der Waals surface area contributed by atoms with Crippen molar-refractivity contribution in [2.75, 3.05) is 19.0 Å². The van der Waals surface area contributed by atoms with E-state index in [1.807, 2.05) is 61.5 Å². The molecule has 0 spiro atoms. The first-order valence-corrected chi connectivity index (χ1v) is 8.76. The van der Waals surface area contributed by atoms with E-state index in [0.717, 1.165) is 28.0 Å². The van der Waals surface area contributed by atoms with Gasteiger partial charge >= 0.3 is 11.7 Å². The highest BCUT2D eigenvalue weighted by Crippen LogP contribution is 2.22. The molecule has 3 rings (SSSR count). The van der Waals surface area contributed by atoms with Gasteiger partial charge in [0.2, 0.25) is 0 Å². The molecule has 0 bridgehead atoms. The van der Waals surface area contributed by atoms with Gasteiger partial charge in [0.25, 0.3) is 0 Å². The molecule has 0 aliphatic carbocycles. The van der Waals surface area contributed by atoms with Crippen LogP contribution >= 0.6 is 0 Å². The van der Waals surface area contributed by atoms with Crippen molar-refractivity contribution in [2.24, 2.45) is 12.8 Å². The minimum atomic E-state index is -0.994. The third-order valence-electron chi connectivity index (χ3n) is 4.81. The van der Waals surface area contributed by atoms with Gasteiger partial charge in [-0.3, -0.25) is 13.9 Å². The van der Waals surface area contributed by atoms with E-state index < -0.39 is 12.0 Å². The van der Waals surface area contributed by atoms with Crippen molar-refractivity contribution in [1.29, 1.82) is 0 Å². The van der Waals surface area contributed by atoms with Crippen LogP contribution in [0.2, 0.25) is 0 Å². The fourth-order valence-electron chi connectivity index (χ4n) is 3.11. The lowest BCUT2D eigenvalue weighted by molar-refractivity contribution is -0.138. The minimum absolute atomic E-state index is 0.110. The Morgan fingerprint density at radius 3 is 2.41 bits per heavy atom. The molecule has 1 heterocycles. The maximum absolute atomic E-state index is 12.8. The maximum Gasteiger partial charge on any atom is 0.333 e. The summed E-state index contributed by atoms with van der Waals surface area (Å²) in [6.07, 6.45) is 0.945. The second-order valence-electron chi connectivity index (χ2n) is 6.89. The number of benzene rings is 2. The molecule has 7 heteroatoms. The first kappa shape index (κ1) is 18.7. The van der Waals surface area contributed by atoms with Crippen molar-refractivity contribution in [1.82, 2.24) is 9.13 Å². The summed E-state index contributed by atoms with van der Waals surface area (Å²) in [5.41, 5.74) is 9.93. The number of carbonyl (C=O) groups is 1. The summed E-state index contributed by atoms with van der Waals surface area (Å²) < 4.78 is 3.32. The average molecular weight is 368 g/mol. The Hall–Kier alpha value is -3.06.